The maximum Gasteiger partial charge on any atom is 0.248 e. The van der Waals surface area contributed by atoms with E-state index in [1.165, 1.54) is 6.07 Å². The first-order valence-electron chi connectivity index (χ1n) is 8.63. The van der Waals surface area contributed by atoms with Gasteiger partial charge in [-0.05, 0) is 43.0 Å². The lowest BCUT2D eigenvalue weighted by Gasteiger charge is -2.32. The molecule has 1 aliphatic heterocycles. The minimum absolute atomic E-state index is 0.0347. The third-order valence-electron chi connectivity index (χ3n) is 5.30. The van der Waals surface area contributed by atoms with Crippen molar-refractivity contribution in [2.24, 2.45) is 5.92 Å². The molecule has 0 radical (unpaired) electrons. The molecule has 1 aliphatic carbocycles. The summed E-state index contributed by atoms with van der Waals surface area (Å²) in [7, 11) is 0. The van der Waals surface area contributed by atoms with E-state index in [-0.39, 0.29) is 17.3 Å². The lowest BCUT2D eigenvalue weighted by atomic mass is 9.79. The van der Waals surface area contributed by atoms with Crippen LogP contribution < -0.4 is 5.56 Å². The van der Waals surface area contributed by atoms with Gasteiger partial charge in [-0.2, -0.15) is 0 Å². The van der Waals surface area contributed by atoms with Gasteiger partial charge in [-0.1, -0.05) is 0 Å². The van der Waals surface area contributed by atoms with Crippen LogP contribution in [0.3, 0.4) is 0 Å². The summed E-state index contributed by atoms with van der Waals surface area (Å²) in [5.41, 5.74) is 3.70. The van der Waals surface area contributed by atoms with Crippen LogP contribution in [0, 0.1) is 12.8 Å². The molecule has 0 saturated carbocycles. The van der Waals surface area contributed by atoms with Crippen LogP contribution in [0.15, 0.2) is 23.0 Å². The molecule has 2 aliphatic rings. The number of aromatic nitrogens is 1. The number of hydrogen-bond acceptors (Lipinski definition) is 4. The standard InChI is InChI=1S/C19H22N2O3/c1-12-10-16-15(4-5-17(22)20-16)18-14(12)3-2-13(19(18)23)11-21-6-8-24-9-7-21/h4-5,10,13H,2-3,6-9,11H2,1H3,(H,20,22). The SMILES string of the molecule is Cc1cc2[nH]c(=O)ccc2c2c1CCC(CN1CCOCC1)C2=O. The highest BCUT2D eigenvalue weighted by Gasteiger charge is 2.31. The van der Waals surface area contributed by atoms with Crippen molar-refractivity contribution in [1.82, 2.24) is 9.88 Å². The van der Waals surface area contributed by atoms with E-state index < -0.39 is 0 Å². The zero-order valence-corrected chi connectivity index (χ0v) is 13.9. The molecule has 4 rings (SSSR count). The number of carbonyl (C=O) groups excluding carboxylic acids is 1. The first kappa shape index (κ1) is 15.5. The van der Waals surface area contributed by atoms with E-state index >= 15 is 0 Å². The largest absolute Gasteiger partial charge is 0.379 e. The molecule has 24 heavy (non-hydrogen) atoms. The van der Waals surface area contributed by atoms with Gasteiger partial charge in [0.1, 0.15) is 0 Å². The lowest BCUT2D eigenvalue weighted by molar-refractivity contribution is 0.0292. The van der Waals surface area contributed by atoms with E-state index in [2.05, 4.69) is 9.88 Å². The Morgan fingerprint density at radius 2 is 2.04 bits per heavy atom. The number of aryl methyl sites for hydroxylation is 1. The Morgan fingerprint density at radius 1 is 1.25 bits per heavy atom. The second-order valence-corrected chi connectivity index (χ2v) is 6.84. The first-order chi connectivity index (χ1) is 11.6. The number of H-pyrrole nitrogens is 1. The Balaban J connectivity index is 1.72. The van der Waals surface area contributed by atoms with Crippen LogP contribution in [-0.2, 0) is 11.2 Å². The number of ether oxygens (including phenoxy) is 1. The number of ketones is 1. The minimum atomic E-state index is -0.130. The zero-order valence-electron chi connectivity index (χ0n) is 13.9. The van der Waals surface area contributed by atoms with Crippen LogP contribution in [0.4, 0.5) is 0 Å². The van der Waals surface area contributed by atoms with E-state index in [1.54, 1.807) is 6.07 Å². The number of hydrogen-bond donors (Lipinski definition) is 1. The molecule has 0 spiro atoms. The average molecular weight is 326 g/mol. The van der Waals surface area contributed by atoms with Gasteiger partial charge in [0.25, 0.3) is 0 Å². The first-order valence-corrected chi connectivity index (χ1v) is 8.63. The molecular formula is C19H22N2O3. The monoisotopic (exact) mass is 326 g/mol. The Bertz CT molecular complexity index is 850. The molecule has 1 unspecified atom stereocenters. The van der Waals surface area contributed by atoms with E-state index in [0.717, 1.165) is 73.3 Å². The van der Waals surface area contributed by atoms with Crippen molar-refractivity contribution in [2.75, 3.05) is 32.8 Å². The van der Waals surface area contributed by atoms with Crippen molar-refractivity contribution in [3.8, 4) is 0 Å². The number of benzene rings is 1. The number of nitrogens with one attached hydrogen (secondary N) is 1. The second-order valence-electron chi connectivity index (χ2n) is 6.84. The van der Waals surface area contributed by atoms with Crippen molar-refractivity contribution in [2.45, 2.75) is 19.8 Å². The predicted octanol–water partition coefficient (Wildman–Crippen LogP) is 1.91. The highest BCUT2D eigenvalue weighted by Crippen LogP contribution is 2.33. The number of morpholine rings is 1. The molecule has 1 saturated heterocycles. The number of fused-ring (bicyclic) bond motifs is 3. The zero-order chi connectivity index (χ0) is 16.7. The molecule has 2 heterocycles. The topological polar surface area (TPSA) is 62.4 Å². The van der Waals surface area contributed by atoms with Crippen LogP contribution in [-0.4, -0.2) is 48.5 Å². The number of nitrogens with zero attached hydrogens (tertiary/aromatic N) is 1. The van der Waals surface area contributed by atoms with Crippen molar-refractivity contribution in [1.29, 1.82) is 0 Å². The van der Waals surface area contributed by atoms with Gasteiger partial charge in [0.15, 0.2) is 5.78 Å². The molecule has 126 valence electrons. The van der Waals surface area contributed by atoms with E-state index in [9.17, 15) is 9.59 Å². The van der Waals surface area contributed by atoms with Crippen molar-refractivity contribution in [3.63, 3.8) is 0 Å². The molecular weight excluding hydrogens is 304 g/mol. The predicted molar refractivity (Wildman–Crippen MR) is 92.7 cm³/mol. The van der Waals surface area contributed by atoms with Gasteiger partial charge >= 0.3 is 0 Å². The molecule has 1 aromatic heterocycles. The van der Waals surface area contributed by atoms with Gasteiger partial charge in [-0.25, -0.2) is 0 Å². The van der Waals surface area contributed by atoms with Gasteiger partial charge in [0.2, 0.25) is 5.56 Å². The fourth-order valence-corrected chi connectivity index (χ4v) is 4.01. The summed E-state index contributed by atoms with van der Waals surface area (Å²) in [5.74, 6) is 0.260. The normalized spacial score (nSPS) is 21.9. The van der Waals surface area contributed by atoms with Gasteiger partial charge in [0.05, 0.1) is 13.2 Å². The summed E-state index contributed by atoms with van der Waals surface area (Å²) >= 11 is 0. The molecule has 1 aromatic carbocycles. The van der Waals surface area contributed by atoms with Crippen LogP contribution in [0.25, 0.3) is 10.9 Å². The molecule has 1 N–H and O–H groups in total. The Hall–Kier alpha value is -1.98. The van der Waals surface area contributed by atoms with Crippen LogP contribution in [0.1, 0.15) is 27.9 Å². The quantitative estimate of drug-likeness (QED) is 0.916. The molecule has 5 nitrogen and oxygen atoms in total. The third kappa shape index (κ3) is 2.68. The van der Waals surface area contributed by atoms with Crippen molar-refractivity contribution in [3.05, 3.63) is 45.2 Å². The van der Waals surface area contributed by atoms with Crippen LogP contribution in [0.2, 0.25) is 0 Å². The number of aromatic amines is 1. The van der Waals surface area contributed by atoms with Gasteiger partial charge in [-0.15, -0.1) is 0 Å². The molecule has 1 atom stereocenters. The minimum Gasteiger partial charge on any atom is -0.379 e. The summed E-state index contributed by atoms with van der Waals surface area (Å²) < 4.78 is 5.40. The van der Waals surface area contributed by atoms with E-state index in [1.807, 2.05) is 13.0 Å². The van der Waals surface area contributed by atoms with Gasteiger partial charge in [-0.3, -0.25) is 14.5 Å². The van der Waals surface area contributed by atoms with Gasteiger partial charge < -0.3 is 9.72 Å². The van der Waals surface area contributed by atoms with E-state index in [0.29, 0.717) is 0 Å². The molecule has 0 amide bonds. The Labute approximate surface area is 140 Å². The summed E-state index contributed by atoms with van der Waals surface area (Å²) in [4.78, 5) is 30.0. The Kier molecular flexibility index (Phi) is 3.98. The van der Waals surface area contributed by atoms with Crippen LogP contribution in [0.5, 0.6) is 0 Å². The summed E-state index contributed by atoms with van der Waals surface area (Å²) in [5, 5.41) is 0.881. The highest BCUT2D eigenvalue weighted by molar-refractivity contribution is 6.11. The molecule has 2 aromatic rings. The summed E-state index contributed by atoms with van der Waals surface area (Å²) in [6.07, 6.45) is 1.83. The Morgan fingerprint density at radius 3 is 2.83 bits per heavy atom. The van der Waals surface area contributed by atoms with Gasteiger partial charge in [0, 0.05) is 48.1 Å². The van der Waals surface area contributed by atoms with Crippen molar-refractivity contribution < 1.29 is 9.53 Å². The maximum absolute atomic E-state index is 13.2. The number of Topliss-reactive ketones (excluding diaryl/α,β-unsaturated/α-hetero) is 1. The van der Waals surface area contributed by atoms with Crippen LogP contribution >= 0.6 is 0 Å². The summed E-state index contributed by atoms with van der Waals surface area (Å²) in [6.45, 7) is 6.14. The number of pyridine rings is 1. The molecule has 1 fully saturated rings. The maximum atomic E-state index is 13.2. The van der Waals surface area contributed by atoms with Crippen molar-refractivity contribution >= 4 is 16.7 Å². The lowest BCUT2D eigenvalue weighted by Crippen LogP contribution is -2.42. The van der Waals surface area contributed by atoms with E-state index in [4.69, 9.17) is 4.74 Å². The number of carbonyl (C=O) groups is 1. The molecule has 5 heteroatoms. The smallest absolute Gasteiger partial charge is 0.248 e. The fourth-order valence-electron chi connectivity index (χ4n) is 4.01. The fraction of sp³-hybridized carbons (Fsp3) is 0.474. The third-order valence-corrected chi connectivity index (χ3v) is 5.30. The summed E-state index contributed by atoms with van der Waals surface area (Å²) in [6, 6.07) is 5.30. The number of rotatable bonds is 2. The average Bonchev–Trinajstić information content (AvgIpc) is 2.58. The molecule has 0 bridgehead atoms. The second kappa shape index (κ2) is 6.15. The highest BCUT2D eigenvalue weighted by atomic mass is 16.5.